The first-order valence-electron chi connectivity index (χ1n) is 7.37. The van der Waals surface area contributed by atoms with Gasteiger partial charge in [-0.05, 0) is 37.1 Å². The van der Waals surface area contributed by atoms with Crippen LogP contribution in [0, 0.1) is 0 Å². The van der Waals surface area contributed by atoms with E-state index >= 15 is 0 Å². The van der Waals surface area contributed by atoms with Gasteiger partial charge in [-0.25, -0.2) is 0 Å². The molecule has 1 heterocycles. The van der Waals surface area contributed by atoms with Gasteiger partial charge in [-0.1, -0.05) is 24.3 Å². The maximum Gasteiger partial charge on any atom is 0.262 e. The predicted molar refractivity (Wildman–Crippen MR) is 89.7 cm³/mol. The van der Waals surface area contributed by atoms with Crippen molar-refractivity contribution in [2.45, 2.75) is 24.4 Å². The lowest BCUT2D eigenvalue weighted by Crippen LogP contribution is -2.46. The Morgan fingerprint density at radius 3 is 2.64 bits per heavy atom. The van der Waals surface area contributed by atoms with E-state index in [9.17, 15) is 4.79 Å². The van der Waals surface area contributed by atoms with Crippen LogP contribution in [0.2, 0.25) is 0 Å². The molecule has 1 amide bonds. The number of nitrogens with one attached hydrogen (secondary N) is 1. The zero-order chi connectivity index (χ0) is 15.1. The molecule has 1 atom stereocenters. The molecule has 1 aliphatic carbocycles. The second-order valence-corrected chi connectivity index (χ2v) is 6.01. The molecule has 0 aromatic heterocycles. The first-order valence-corrected chi connectivity index (χ1v) is 7.88. The summed E-state index contributed by atoms with van der Waals surface area (Å²) in [5, 5.41) is 3.25. The number of thiol groups is 1. The van der Waals surface area contributed by atoms with Gasteiger partial charge in [-0.15, -0.1) is 12.6 Å². The van der Waals surface area contributed by atoms with E-state index in [0.717, 1.165) is 30.0 Å². The van der Waals surface area contributed by atoms with E-state index in [2.05, 4.69) is 17.9 Å². The van der Waals surface area contributed by atoms with E-state index in [0.29, 0.717) is 5.56 Å². The Morgan fingerprint density at radius 2 is 1.82 bits per heavy atom. The fourth-order valence-electron chi connectivity index (χ4n) is 2.60. The van der Waals surface area contributed by atoms with E-state index < -0.39 is 5.50 Å². The van der Waals surface area contributed by atoms with Crippen molar-refractivity contribution in [3.05, 3.63) is 54.1 Å². The summed E-state index contributed by atoms with van der Waals surface area (Å²) in [7, 11) is 0. The zero-order valence-electron chi connectivity index (χ0n) is 11.9. The number of amides is 1. The zero-order valence-corrected chi connectivity index (χ0v) is 12.8. The molecule has 22 heavy (non-hydrogen) atoms. The third-order valence-corrected chi connectivity index (χ3v) is 4.21. The Morgan fingerprint density at radius 1 is 1.09 bits per heavy atom. The molecule has 112 valence electrons. The van der Waals surface area contributed by atoms with Gasteiger partial charge >= 0.3 is 0 Å². The number of rotatable bonds is 3. The SMILES string of the molecule is O=C1c2ccccc2NC(S)N1c1ccccc1OC1CC1. The van der Waals surface area contributed by atoms with Gasteiger partial charge in [0, 0.05) is 5.69 Å². The van der Waals surface area contributed by atoms with Crippen molar-refractivity contribution in [2.24, 2.45) is 0 Å². The van der Waals surface area contributed by atoms with Gasteiger partial charge in [-0.2, -0.15) is 0 Å². The molecule has 0 radical (unpaired) electrons. The number of fused-ring (bicyclic) bond motifs is 1. The van der Waals surface area contributed by atoms with Gasteiger partial charge in [0.2, 0.25) is 0 Å². The number of hydrogen-bond donors (Lipinski definition) is 2. The molecular formula is C17H16N2O2S. The lowest BCUT2D eigenvalue weighted by atomic mass is 10.1. The summed E-state index contributed by atoms with van der Waals surface area (Å²) in [5.41, 5.74) is 1.78. The van der Waals surface area contributed by atoms with Crippen LogP contribution in [0.5, 0.6) is 5.75 Å². The molecular weight excluding hydrogens is 296 g/mol. The third-order valence-electron chi connectivity index (χ3n) is 3.85. The molecule has 0 saturated heterocycles. The van der Waals surface area contributed by atoms with Crippen LogP contribution < -0.4 is 15.0 Å². The van der Waals surface area contributed by atoms with Gasteiger partial charge in [0.25, 0.3) is 5.91 Å². The summed E-state index contributed by atoms with van der Waals surface area (Å²) in [6.07, 6.45) is 2.43. The monoisotopic (exact) mass is 312 g/mol. The minimum absolute atomic E-state index is 0.0683. The van der Waals surface area contributed by atoms with Crippen LogP contribution in [0.4, 0.5) is 11.4 Å². The highest BCUT2D eigenvalue weighted by atomic mass is 32.1. The minimum Gasteiger partial charge on any atom is -0.488 e. The van der Waals surface area contributed by atoms with Gasteiger partial charge in [0.15, 0.2) is 5.50 Å². The van der Waals surface area contributed by atoms with Crippen LogP contribution in [0.25, 0.3) is 0 Å². The van der Waals surface area contributed by atoms with Crippen molar-refractivity contribution in [2.75, 3.05) is 10.2 Å². The van der Waals surface area contributed by atoms with Crippen molar-refractivity contribution in [3.8, 4) is 5.75 Å². The van der Waals surface area contributed by atoms with Crippen molar-refractivity contribution in [1.82, 2.24) is 0 Å². The molecule has 4 nitrogen and oxygen atoms in total. The molecule has 1 unspecified atom stereocenters. The second-order valence-electron chi connectivity index (χ2n) is 5.52. The van der Waals surface area contributed by atoms with Gasteiger partial charge in [0.05, 0.1) is 17.4 Å². The fourth-order valence-corrected chi connectivity index (χ4v) is 2.97. The van der Waals surface area contributed by atoms with E-state index in [1.807, 2.05) is 48.5 Å². The highest BCUT2D eigenvalue weighted by Crippen LogP contribution is 2.38. The molecule has 1 N–H and O–H groups in total. The summed E-state index contributed by atoms with van der Waals surface area (Å²) < 4.78 is 5.94. The number of nitrogens with zero attached hydrogens (tertiary/aromatic N) is 1. The topological polar surface area (TPSA) is 41.6 Å². The third kappa shape index (κ3) is 2.31. The van der Waals surface area contributed by atoms with Gasteiger partial charge < -0.3 is 10.1 Å². The Hall–Kier alpha value is -2.14. The average molecular weight is 312 g/mol. The standard InChI is InChI=1S/C17H16N2O2S/c20-16-12-5-1-2-6-13(12)18-17(22)19(16)14-7-3-4-8-15(14)21-11-9-10-11/h1-8,11,17-18,22H,9-10H2. The number of carbonyl (C=O) groups excluding carboxylic acids is 1. The second kappa shape index (κ2) is 5.25. The summed E-state index contributed by atoms with van der Waals surface area (Å²) in [6, 6.07) is 15.1. The smallest absolute Gasteiger partial charge is 0.262 e. The number of ether oxygens (including phenoxy) is 1. The summed E-state index contributed by atoms with van der Waals surface area (Å²) in [6.45, 7) is 0. The number of anilines is 2. The summed E-state index contributed by atoms with van der Waals surface area (Å²) in [5.74, 6) is 0.666. The van der Waals surface area contributed by atoms with Gasteiger partial charge in [-0.3, -0.25) is 9.69 Å². The van der Waals surface area contributed by atoms with Crippen LogP contribution in [0.3, 0.4) is 0 Å². The minimum atomic E-state index is -0.425. The molecule has 0 spiro atoms. The largest absolute Gasteiger partial charge is 0.488 e. The normalized spacial score (nSPS) is 20.3. The molecule has 1 fully saturated rings. The Kier molecular flexibility index (Phi) is 3.22. The van der Waals surface area contributed by atoms with E-state index in [1.165, 1.54) is 0 Å². The van der Waals surface area contributed by atoms with Crippen LogP contribution in [0.15, 0.2) is 48.5 Å². The highest BCUT2D eigenvalue weighted by molar-refractivity contribution is 7.81. The fraction of sp³-hybridized carbons (Fsp3) is 0.235. The molecule has 0 bridgehead atoms. The molecule has 4 rings (SSSR count). The number of hydrogen-bond acceptors (Lipinski definition) is 4. The van der Waals surface area contributed by atoms with E-state index in [1.54, 1.807) is 4.90 Å². The molecule has 1 saturated carbocycles. The first-order chi connectivity index (χ1) is 10.7. The maximum absolute atomic E-state index is 12.9. The van der Waals surface area contributed by atoms with Crippen LogP contribution >= 0.6 is 12.6 Å². The maximum atomic E-state index is 12.9. The van der Waals surface area contributed by atoms with Crippen LogP contribution in [-0.4, -0.2) is 17.5 Å². The predicted octanol–water partition coefficient (Wildman–Crippen LogP) is 3.51. The summed E-state index contributed by atoms with van der Waals surface area (Å²) >= 11 is 4.54. The number of carbonyl (C=O) groups is 1. The van der Waals surface area contributed by atoms with Crippen molar-refractivity contribution in [1.29, 1.82) is 0 Å². The quantitative estimate of drug-likeness (QED) is 0.852. The van der Waals surface area contributed by atoms with E-state index in [4.69, 9.17) is 4.74 Å². The Bertz CT molecular complexity index is 730. The van der Waals surface area contributed by atoms with Gasteiger partial charge in [0.1, 0.15) is 5.75 Å². The first kappa shape index (κ1) is 13.5. The lowest BCUT2D eigenvalue weighted by molar-refractivity contribution is 0.0982. The van der Waals surface area contributed by atoms with E-state index in [-0.39, 0.29) is 12.0 Å². The molecule has 2 aromatic carbocycles. The van der Waals surface area contributed by atoms with Crippen molar-refractivity contribution >= 4 is 29.9 Å². The lowest BCUT2D eigenvalue weighted by Gasteiger charge is -2.35. The van der Waals surface area contributed by atoms with Crippen molar-refractivity contribution < 1.29 is 9.53 Å². The van der Waals surface area contributed by atoms with Crippen LogP contribution in [0.1, 0.15) is 23.2 Å². The number of benzene rings is 2. The summed E-state index contributed by atoms with van der Waals surface area (Å²) in [4.78, 5) is 14.5. The van der Waals surface area contributed by atoms with Crippen molar-refractivity contribution in [3.63, 3.8) is 0 Å². The average Bonchev–Trinajstić information content (AvgIpc) is 3.33. The molecule has 5 heteroatoms. The molecule has 1 aliphatic heterocycles. The Balaban J connectivity index is 1.75. The highest BCUT2D eigenvalue weighted by Gasteiger charge is 2.33. The Labute approximate surface area is 134 Å². The molecule has 2 aliphatic rings. The molecule has 2 aromatic rings. The van der Waals surface area contributed by atoms with Crippen LogP contribution in [-0.2, 0) is 0 Å². The number of para-hydroxylation sites is 3.